The first-order chi connectivity index (χ1) is 13.5. The van der Waals surface area contributed by atoms with Crippen molar-refractivity contribution < 1.29 is 13.9 Å². The van der Waals surface area contributed by atoms with Gasteiger partial charge in [0.25, 0.3) is 0 Å². The number of nitrogens with one attached hydrogen (secondary N) is 1. The van der Waals surface area contributed by atoms with Crippen LogP contribution in [0.2, 0.25) is 0 Å². The molecular weight excluding hydrogens is 421 g/mol. The number of anilines is 1. The van der Waals surface area contributed by atoms with Crippen molar-refractivity contribution in [1.82, 2.24) is 0 Å². The fraction of sp³-hybridized carbons (Fsp3) is 0.217. The van der Waals surface area contributed by atoms with Crippen molar-refractivity contribution in [1.29, 1.82) is 0 Å². The van der Waals surface area contributed by atoms with E-state index in [2.05, 4.69) is 40.3 Å². The normalized spacial score (nSPS) is 10.6. The topological polar surface area (TPSA) is 30.5 Å². The molecule has 0 amide bonds. The highest BCUT2D eigenvalue weighted by atomic mass is 79.9. The first-order valence-electron chi connectivity index (χ1n) is 9.18. The summed E-state index contributed by atoms with van der Waals surface area (Å²) in [6, 6.07) is 18.4. The quantitative estimate of drug-likeness (QED) is 0.431. The van der Waals surface area contributed by atoms with Crippen LogP contribution in [-0.2, 0) is 13.2 Å². The third-order valence-electron chi connectivity index (χ3n) is 4.26. The second-order valence-corrected chi connectivity index (χ2v) is 7.36. The molecule has 1 N–H and O–H groups in total. The Morgan fingerprint density at radius 2 is 1.79 bits per heavy atom. The average molecular weight is 444 g/mol. The van der Waals surface area contributed by atoms with Crippen molar-refractivity contribution in [2.24, 2.45) is 0 Å². The van der Waals surface area contributed by atoms with Crippen molar-refractivity contribution in [2.75, 3.05) is 11.9 Å². The maximum absolute atomic E-state index is 13.3. The van der Waals surface area contributed by atoms with Crippen LogP contribution in [0.1, 0.15) is 23.6 Å². The SMILES string of the molecule is CCOc1cc(CNc2ccc(Br)cc2C)ccc1OCc1cccc(F)c1. The summed E-state index contributed by atoms with van der Waals surface area (Å²) in [6.07, 6.45) is 0. The summed E-state index contributed by atoms with van der Waals surface area (Å²) in [5, 5.41) is 3.45. The Kier molecular flexibility index (Phi) is 6.93. The Hall–Kier alpha value is -2.53. The molecule has 0 heterocycles. The van der Waals surface area contributed by atoms with E-state index in [1.807, 2.05) is 37.3 Å². The number of hydrogen-bond donors (Lipinski definition) is 1. The molecule has 0 saturated heterocycles. The van der Waals surface area contributed by atoms with Crippen LogP contribution in [0.5, 0.6) is 11.5 Å². The fourth-order valence-electron chi connectivity index (χ4n) is 2.86. The zero-order chi connectivity index (χ0) is 19.9. The second kappa shape index (κ2) is 9.60. The number of ether oxygens (including phenoxy) is 2. The minimum atomic E-state index is -0.268. The van der Waals surface area contributed by atoms with Crippen molar-refractivity contribution in [3.63, 3.8) is 0 Å². The van der Waals surface area contributed by atoms with Crippen molar-refractivity contribution in [2.45, 2.75) is 27.0 Å². The van der Waals surface area contributed by atoms with Crippen molar-refractivity contribution >= 4 is 21.6 Å². The van der Waals surface area contributed by atoms with Gasteiger partial charge in [0, 0.05) is 16.7 Å². The summed E-state index contributed by atoms with van der Waals surface area (Å²) in [7, 11) is 0. The number of hydrogen-bond acceptors (Lipinski definition) is 3. The van der Waals surface area contributed by atoms with Crippen LogP contribution in [0.25, 0.3) is 0 Å². The molecular formula is C23H23BrFNO2. The van der Waals surface area contributed by atoms with Gasteiger partial charge in [-0.1, -0.05) is 34.1 Å². The summed E-state index contributed by atoms with van der Waals surface area (Å²) >= 11 is 3.48. The molecule has 0 saturated carbocycles. The van der Waals surface area contributed by atoms with Crippen LogP contribution < -0.4 is 14.8 Å². The number of rotatable bonds is 8. The molecule has 0 radical (unpaired) electrons. The molecule has 3 nitrogen and oxygen atoms in total. The maximum atomic E-state index is 13.3. The van der Waals surface area contributed by atoms with Crippen LogP contribution in [0.3, 0.4) is 0 Å². The van der Waals surface area contributed by atoms with Gasteiger partial charge in [-0.3, -0.25) is 0 Å². The van der Waals surface area contributed by atoms with E-state index < -0.39 is 0 Å². The highest BCUT2D eigenvalue weighted by molar-refractivity contribution is 9.10. The monoisotopic (exact) mass is 443 g/mol. The van der Waals surface area contributed by atoms with E-state index in [4.69, 9.17) is 9.47 Å². The van der Waals surface area contributed by atoms with Crippen LogP contribution in [-0.4, -0.2) is 6.61 Å². The largest absolute Gasteiger partial charge is 0.490 e. The summed E-state index contributed by atoms with van der Waals surface area (Å²) in [5.41, 5.74) is 4.13. The smallest absolute Gasteiger partial charge is 0.161 e. The lowest BCUT2D eigenvalue weighted by molar-refractivity contribution is 0.269. The van der Waals surface area contributed by atoms with Crippen molar-refractivity contribution in [3.05, 3.63) is 87.6 Å². The maximum Gasteiger partial charge on any atom is 0.161 e. The van der Waals surface area contributed by atoms with E-state index in [1.165, 1.54) is 17.7 Å². The predicted molar refractivity (Wildman–Crippen MR) is 115 cm³/mol. The highest BCUT2D eigenvalue weighted by Crippen LogP contribution is 2.30. The summed E-state index contributed by atoms with van der Waals surface area (Å²) in [6.45, 7) is 5.51. The van der Waals surface area contributed by atoms with Crippen LogP contribution in [0.4, 0.5) is 10.1 Å². The minimum Gasteiger partial charge on any atom is -0.490 e. The molecule has 146 valence electrons. The zero-order valence-electron chi connectivity index (χ0n) is 16.0. The Balaban J connectivity index is 1.69. The molecule has 0 spiro atoms. The first-order valence-corrected chi connectivity index (χ1v) is 9.97. The molecule has 0 aliphatic heterocycles. The number of benzene rings is 3. The summed E-state index contributed by atoms with van der Waals surface area (Å²) in [4.78, 5) is 0. The summed E-state index contributed by atoms with van der Waals surface area (Å²) in [5.74, 6) is 1.07. The minimum absolute atomic E-state index is 0.268. The molecule has 3 rings (SSSR count). The van der Waals surface area contributed by atoms with E-state index >= 15 is 0 Å². The van der Waals surface area contributed by atoms with Gasteiger partial charge in [-0.15, -0.1) is 0 Å². The van der Waals surface area contributed by atoms with Gasteiger partial charge >= 0.3 is 0 Å². The molecule has 0 aromatic heterocycles. The Morgan fingerprint density at radius 1 is 0.929 bits per heavy atom. The fourth-order valence-corrected chi connectivity index (χ4v) is 3.34. The van der Waals surface area contributed by atoms with Crippen molar-refractivity contribution in [3.8, 4) is 11.5 Å². The van der Waals surface area contributed by atoms with E-state index in [0.717, 1.165) is 21.3 Å². The lowest BCUT2D eigenvalue weighted by atomic mass is 10.1. The number of aryl methyl sites for hydroxylation is 1. The predicted octanol–water partition coefficient (Wildman–Crippen LogP) is 6.49. The standard InChI is InChI=1S/C23H23BrFNO2/c1-3-27-23-13-17(14-26-21-9-8-19(24)11-16(21)2)7-10-22(23)28-15-18-5-4-6-20(25)12-18/h4-13,26H,3,14-15H2,1-2H3. The lowest BCUT2D eigenvalue weighted by Crippen LogP contribution is -2.04. The molecule has 0 fully saturated rings. The van der Waals surface area contributed by atoms with E-state index in [0.29, 0.717) is 24.7 Å². The Labute approximate surface area is 173 Å². The first kappa shape index (κ1) is 20.2. The molecule has 3 aromatic rings. The molecule has 28 heavy (non-hydrogen) atoms. The van der Waals surface area contributed by atoms with Gasteiger partial charge in [-0.2, -0.15) is 0 Å². The van der Waals surface area contributed by atoms with Gasteiger partial charge in [0.2, 0.25) is 0 Å². The van der Waals surface area contributed by atoms with Gasteiger partial charge in [-0.05, 0) is 73.0 Å². The summed E-state index contributed by atoms with van der Waals surface area (Å²) < 4.78 is 26.0. The van der Waals surface area contributed by atoms with Crippen LogP contribution in [0.15, 0.2) is 65.1 Å². The highest BCUT2D eigenvalue weighted by Gasteiger charge is 2.08. The molecule has 0 aliphatic carbocycles. The van der Waals surface area contributed by atoms with Gasteiger partial charge < -0.3 is 14.8 Å². The van der Waals surface area contributed by atoms with Gasteiger partial charge in [-0.25, -0.2) is 4.39 Å². The Bertz CT molecular complexity index is 946. The molecule has 5 heteroatoms. The third kappa shape index (κ3) is 5.49. The molecule has 0 unspecified atom stereocenters. The molecule has 0 bridgehead atoms. The second-order valence-electron chi connectivity index (χ2n) is 6.45. The zero-order valence-corrected chi connectivity index (χ0v) is 17.6. The number of halogens is 2. The van der Waals surface area contributed by atoms with Crippen LogP contribution in [0, 0.1) is 12.7 Å². The van der Waals surface area contributed by atoms with Gasteiger partial charge in [0.15, 0.2) is 11.5 Å². The third-order valence-corrected chi connectivity index (χ3v) is 4.76. The Morgan fingerprint density at radius 3 is 2.54 bits per heavy atom. The lowest BCUT2D eigenvalue weighted by Gasteiger charge is -2.15. The van der Waals surface area contributed by atoms with E-state index in [9.17, 15) is 4.39 Å². The molecule has 0 aliphatic rings. The van der Waals surface area contributed by atoms with E-state index in [-0.39, 0.29) is 12.4 Å². The molecule has 0 atom stereocenters. The van der Waals surface area contributed by atoms with E-state index in [1.54, 1.807) is 6.07 Å². The average Bonchev–Trinajstić information content (AvgIpc) is 2.67. The van der Waals surface area contributed by atoms with Crippen LogP contribution >= 0.6 is 15.9 Å². The van der Waals surface area contributed by atoms with Gasteiger partial charge in [0.05, 0.1) is 6.61 Å². The molecule has 3 aromatic carbocycles. The van der Waals surface area contributed by atoms with Gasteiger partial charge in [0.1, 0.15) is 12.4 Å².